The first-order valence-corrected chi connectivity index (χ1v) is 8.56. The van der Waals surface area contributed by atoms with Gasteiger partial charge in [-0.2, -0.15) is 8.42 Å². The fourth-order valence-corrected chi connectivity index (χ4v) is 5.00. The summed E-state index contributed by atoms with van der Waals surface area (Å²) in [5.74, 6) is 0.0410. The lowest BCUT2D eigenvalue weighted by Gasteiger charge is -2.06. The van der Waals surface area contributed by atoms with E-state index in [0.717, 1.165) is 0 Å². The molecule has 0 amide bonds. The summed E-state index contributed by atoms with van der Waals surface area (Å²) in [7, 11) is -2.26. The minimum absolute atomic E-state index is 0.0410. The van der Waals surface area contributed by atoms with Crippen molar-refractivity contribution < 1.29 is 12.6 Å². The summed E-state index contributed by atoms with van der Waals surface area (Å²) in [5.41, 5.74) is 0. The highest BCUT2D eigenvalue weighted by Crippen LogP contribution is 2.20. The molecule has 90 valence electrons. The maximum Gasteiger partial charge on any atom is 0.347 e. The third-order valence-corrected chi connectivity index (χ3v) is 5.96. The molecule has 16 heavy (non-hydrogen) atoms. The Balaban J connectivity index is 3.50. The Bertz CT molecular complexity index is 603. The molecule has 0 saturated carbocycles. The lowest BCUT2D eigenvalue weighted by molar-refractivity contribution is 0.611. The van der Waals surface area contributed by atoms with E-state index in [2.05, 4.69) is 3.77 Å². The highest BCUT2D eigenvalue weighted by atomic mass is 35.7. The van der Waals surface area contributed by atoms with Crippen LogP contribution in [-0.4, -0.2) is 18.4 Å². The molecule has 0 heterocycles. The molecule has 0 N–H and O–H groups in total. The van der Waals surface area contributed by atoms with E-state index in [4.69, 9.17) is 22.3 Å². The smallest absolute Gasteiger partial charge is 0.244 e. The molecule has 0 radical (unpaired) electrons. The van der Waals surface area contributed by atoms with Crippen LogP contribution in [0.4, 0.5) is 0 Å². The lowest BCUT2D eigenvalue weighted by Crippen LogP contribution is -2.05. The van der Waals surface area contributed by atoms with Crippen molar-refractivity contribution in [2.24, 2.45) is 3.77 Å². The van der Waals surface area contributed by atoms with Crippen molar-refractivity contribution in [2.45, 2.75) is 11.8 Å². The second-order valence-electron chi connectivity index (χ2n) is 2.87. The predicted octanol–water partition coefficient (Wildman–Crippen LogP) is 2.67. The first-order chi connectivity index (χ1) is 7.27. The summed E-state index contributed by atoms with van der Waals surface area (Å²) >= 11 is 5.73. The summed E-state index contributed by atoms with van der Waals surface area (Å²) < 4.78 is 37.1. The van der Waals surface area contributed by atoms with Gasteiger partial charge in [-0.1, -0.05) is 28.4 Å². The average Bonchev–Trinajstić information content (AvgIpc) is 2.15. The second-order valence-corrected chi connectivity index (χ2v) is 8.23. The van der Waals surface area contributed by atoms with Gasteiger partial charge >= 0.3 is 9.24 Å². The molecule has 0 bridgehead atoms. The molecule has 0 aliphatic rings. The SMILES string of the molecule is CCS(=O)(=NS(=O)(=O)Cl)c1cccc(Cl)c1. The molecule has 8 heteroatoms. The third-order valence-electron chi connectivity index (χ3n) is 1.77. The van der Waals surface area contributed by atoms with E-state index in [1.165, 1.54) is 12.1 Å². The molecular weight excluding hydrogens is 293 g/mol. The van der Waals surface area contributed by atoms with Crippen molar-refractivity contribution in [3.8, 4) is 0 Å². The van der Waals surface area contributed by atoms with Gasteiger partial charge in [0, 0.05) is 26.4 Å². The fraction of sp³-hybridized carbons (Fsp3) is 0.250. The van der Waals surface area contributed by atoms with Crippen molar-refractivity contribution >= 4 is 41.2 Å². The number of rotatable bonds is 3. The molecule has 0 aromatic heterocycles. The van der Waals surface area contributed by atoms with E-state index < -0.39 is 19.0 Å². The monoisotopic (exact) mass is 301 g/mol. The van der Waals surface area contributed by atoms with Crippen molar-refractivity contribution in [2.75, 3.05) is 5.75 Å². The standard InChI is InChI=1S/C8H9Cl2NO3S2/c1-2-15(12,11-16(10,13)14)8-5-3-4-7(9)6-8/h3-6H,2H2,1H3. The van der Waals surface area contributed by atoms with Gasteiger partial charge in [-0.3, -0.25) is 0 Å². The van der Waals surface area contributed by atoms with E-state index in [-0.39, 0.29) is 10.6 Å². The number of halogens is 2. The Morgan fingerprint density at radius 2 is 1.94 bits per heavy atom. The van der Waals surface area contributed by atoms with E-state index >= 15 is 0 Å². The highest BCUT2D eigenvalue weighted by molar-refractivity contribution is 8.17. The Morgan fingerprint density at radius 3 is 2.38 bits per heavy atom. The third kappa shape index (κ3) is 3.62. The Labute approximate surface area is 104 Å². The molecule has 1 atom stereocenters. The van der Waals surface area contributed by atoms with Gasteiger partial charge in [0.2, 0.25) is 0 Å². The van der Waals surface area contributed by atoms with Crippen LogP contribution in [0.25, 0.3) is 0 Å². The fourth-order valence-electron chi connectivity index (χ4n) is 1.07. The van der Waals surface area contributed by atoms with Crippen molar-refractivity contribution in [1.82, 2.24) is 0 Å². The number of nitrogens with zero attached hydrogens (tertiary/aromatic N) is 1. The first kappa shape index (κ1) is 13.8. The van der Waals surface area contributed by atoms with Gasteiger partial charge in [0.05, 0.1) is 9.73 Å². The molecule has 4 nitrogen and oxygen atoms in total. The van der Waals surface area contributed by atoms with Crippen molar-refractivity contribution in [1.29, 1.82) is 0 Å². The quantitative estimate of drug-likeness (QED) is 0.806. The van der Waals surface area contributed by atoms with Crippen LogP contribution < -0.4 is 0 Å². The van der Waals surface area contributed by atoms with E-state index in [0.29, 0.717) is 5.02 Å². The number of hydrogen-bond acceptors (Lipinski definition) is 3. The van der Waals surface area contributed by atoms with Gasteiger partial charge < -0.3 is 0 Å². The van der Waals surface area contributed by atoms with Gasteiger partial charge in [-0.15, -0.1) is 0 Å². The molecule has 1 aromatic carbocycles. The maximum absolute atomic E-state index is 12.2. The van der Waals surface area contributed by atoms with Crippen molar-refractivity contribution in [3.05, 3.63) is 29.3 Å². The minimum atomic E-state index is -4.18. The van der Waals surface area contributed by atoms with Crippen LogP contribution in [0.3, 0.4) is 0 Å². The summed E-state index contributed by atoms with van der Waals surface area (Å²) in [4.78, 5) is 0.256. The van der Waals surface area contributed by atoms with Crippen LogP contribution >= 0.6 is 22.3 Å². The Kier molecular flexibility index (Phi) is 4.23. The second kappa shape index (κ2) is 4.91. The van der Waals surface area contributed by atoms with Gasteiger partial charge in [0.1, 0.15) is 0 Å². The van der Waals surface area contributed by atoms with E-state index in [9.17, 15) is 12.6 Å². The molecule has 0 saturated heterocycles. The van der Waals surface area contributed by atoms with Gasteiger partial charge in [0.15, 0.2) is 0 Å². The Hall–Kier alpha value is -0.300. The van der Waals surface area contributed by atoms with Crippen molar-refractivity contribution in [3.63, 3.8) is 0 Å². The molecule has 1 unspecified atom stereocenters. The zero-order valence-electron chi connectivity index (χ0n) is 8.26. The summed E-state index contributed by atoms with van der Waals surface area (Å²) in [6, 6.07) is 6.08. The van der Waals surface area contributed by atoms with Crippen LogP contribution in [-0.2, 0) is 19.0 Å². The zero-order chi connectivity index (χ0) is 12.4. The summed E-state index contributed by atoms with van der Waals surface area (Å²) in [6.07, 6.45) is 0. The topological polar surface area (TPSA) is 63.6 Å². The molecule has 1 aromatic rings. The first-order valence-electron chi connectivity index (χ1n) is 4.23. The van der Waals surface area contributed by atoms with Crippen LogP contribution in [0, 0.1) is 0 Å². The van der Waals surface area contributed by atoms with E-state index in [1.807, 2.05) is 0 Å². The molecule has 0 spiro atoms. The number of benzene rings is 1. The largest absolute Gasteiger partial charge is 0.347 e. The van der Waals surface area contributed by atoms with Gasteiger partial charge in [-0.25, -0.2) is 4.21 Å². The maximum atomic E-state index is 12.2. The van der Waals surface area contributed by atoms with Crippen LogP contribution in [0.1, 0.15) is 6.92 Å². The molecule has 1 rings (SSSR count). The van der Waals surface area contributed by atoms with Crippen LogP contribution in [0.2, 0.25) is 5.02 Å². The highest BCUT2D eigenvalue weighted by Gasteiger charge is 2.15. The average molecular weight is 302 g/mol. The van der Waals surface area contributed by atoms with Crippen LogP contribution in [0.15, 0.2) is 32.9 Å². The Morgan fingerprint density at radius 1 is 1.31 bits per heavy atom. The molecule has 0 aliphatic carbocycles. The predicted molar refractivity (Wildman–Crippen MR) is 65.6 cm³/mol. The number of hydrogen-bond donors (Lipinski definition) is 0. The normalized spacial score (nSPS) is 15.4. The zero-order valence-corrected chi connectivity index (χ0v) is 11.4. The summed E-state index contributed by atoms with van der Waals surface area (Å²) in [6.45, 7) is 1.56. The van der Waals surface area contributed by atoms with Gasteiger partial charge in [0.25, 0.3) is 0 Å². The summed E-state index contributed by atoms with van der Waals surface area (Å²) in [5, 5.41) is 0.362. The molecule has 0 fully saturated rings. The molecular formula is C8H9Cl2NO3S2. The van der Waals surface area contributed by atoms with Crippen LogP contribution in [0.5, 0.6) is 0 Å². The molecule has 0 aliphatic heterocycles. The van der Waals surface area contributed by atoms with Gasteiger partial charge in [-0.05, 0) is 18.2 Å². The van der Waals surface area contributed by atoms with E-state index in [1.54, 1.807) is 19.1 Å². The minimum Gasteiger partial charge on any atom is -0.244 e. The lowest BCUT2D eigenvalue weighted by atomic mass is 10.4.